The summed E-state index contributed by atoms with van der Waals surface area (Å²) in [6.45, 7) is 3.57. The van der Waals surface area contributed by atoms with E-state index in [1.807, 2.05) is 37.3 Å². The number of halogens is 1. The molecule has 3 rings (SSSR count). The minimum Gasteiger partial charge on any atom is -0.495 e. The van der Waals surface area contributed by atoms with Gasteiger partial charge in [-0.15, -0.1) is 0 Å². The quantitative estimate of drug-likeness (QED) is 0.744. The van der Waals surface area contributed by atoms with Crippen LogP contribution in [0.2, 0.25) is 5.02 Å². The molecule has 0 aliphatic rings. The van der Waals surface area contributed by atoms with Crippen molar-refractivity contribution >= 4 is 23.2 Å². The Balaban J connectivity index is 2.01. The lowest BCUT2D eigenvalue weighted by atomic mass is 10.2. The number of methoxy groups -OCH3 is 1. The first-order valence-corrected chi connectivity index (χ1v) is 8.60. The Morgan fingerprint density at radius 3 is 2.52 bits per heavy atom. The SMILES string of the molecule is COc1cc(Cl)c(C)cc1NC(=O)c1nn(-c2ccccc2)c(C)cc1=O. The van der Waals surface area contributed by atoms with Crippen LogP contribution in [-0.4, -0.2) is 22.8 Å². The third-order valence-electron chi connectivity index (χ3n) is 4.05. The van der Waals surface area contributed by atoms with Crippen LogP contribution in [0, 0.1) is 13.8 Å². The number of benzene rings is 2. The number of nitrogens with zero attached hydrogens (tertiary/aromatic N) is 2. The summed E-state index contributed by atoms with van der Waals surface area (Å²) in [5.74, 6) is -0.223. The second kappa shape index (κ2) is 7.63. The molecule has 0 atom stereocenters. The molecule has 0 aliphatic heterocycles. The van der Waals surface area contributed by atoms with Gasteiger partial charge in [0.15, 0.2) is 5.69 Å². The van der Waals surface area contributed by atoms with Gasteiger partial charge in [0.1, 0.15) is 5.75 Å². The summed E-state index contributed by atoms with van der Waals surface area (Å²) >= 11 is 6.09. The number of ether oxygens (including phenoxy) is 1. The topological polar surface area (TPSA) is 73.2 Å². The monoisotopic (exact) mass is 383 g/mol. The minimum atomic E-state index is -0.621. The number of amides is 1. The average Bonchev–Trinajstić information content (AvgIpc) is 2.65. The lowest BCUT2D eigenvalue weighted by Gasteiger charge is -2.13. The Labute approximate surface area is 161 Å². The molecule has 0 spiro atoms. The fourth-order valence-electron chi connectivity index (χ4n) is 2.65. The molecule has 1 N–H and O–H groups in total. The van der Waals surface area contributed by atoms with Crippen LogP contribution >= 0.6 is 11.6 Å². The van der Waals surface area contributed by atoms with Crippen molar-refractivity contribution in [3.05, 3.63) is 80.7 Å². The van der Waals surface area contributed by atoms with Gasteiger partial charge < -0.3 is 10.1 Å². The van der Waals surface area contributed by atoms with E-state index >= 15 is 0 Å². The zero-order chi connectivity index (χ0) is 19.6. The molecule has 1 heterocycles. The van der Waals surface area contributed by atoms with Crippen LogP contribution in [0.25, 0.3) is 5.69 Å². The highest BCUT2D eigenvalue weighted by molar-refractivity contribution is 6.31. The zero-order valence-corrected chi connectivity index (χ0v) is 15.9. The number of aromatic nitrogens is 2. The summed E-state index contributed by atoms with van der Waals surface area (Å²) in [5.41, 5.74) is 1.90. The fraction of sp³-hybridized carbons (Fsp3) is 0.150. The molecule has 1 amide bonds. The van der Waals surface area contributed by atoms with Crippen molar-refractivity contribution in [3.8, 4) is 11.4 Å². The number of anilines is 1. The molecule has 2 aromatic carbocycles. The maximum absolute atomic E-state index is 12.7. The van der Waals surface area contributed by atoms with Crippen molar-refractivity contribution in [1.29, 1.82) is 0 Å². The molecule has 0 unspecified atom stereocenters. The Bertz CT molecular complexity index is 1060. The van der Waals surface area contributed by atoms with Crippen molar-refractivity contribution in [2.45, 2.75) is 13.8 Å². The van der Waals surface area contributed by atoms with Crippen molar-refractivity contribution in [3.63, 3.8) is 0 Å². The number of hydrogen-bond donors (Lipinski definition) is 1. The van der Waals surface area contributed by atoms with E-state index in [-0.39, 0.29) is 5.69 Å². The highest BCUT2D eigenvalue weighted by Gasteiger charge is 2.18. The Kier molecular flexibility index (Phi) is 5.28. The van der Waals surface area contributed by atoms with Gasteiger partial charge in [0.2, 0.25) is 5.43 Å². The molecule has 0 radical (unpaired) electrons. The van der Waals surface area contributed by atoms with Gasteiger partial charge in [0.05, 0.1) is 18.5 Å². The van der Waals surface area contributed by atoms with Crippen LogP contribution in [0.1, 0.15) is 21.7 Å². The molecule has 1 aromatic heterocycles. The van der Waals surface area contributed by atoms with E-state index < -0.39 is 11.3 Å². The molecule has 6 nitrogen and oxygen atoms in total. The molecule has 138 valence electrons. The maximum Gasteiger partial charge on any atom is 0.280 e. The van der Waals surface area contributed by atoms with E-state index in [4.69, 9.17) is 16.3 Å². The summed E-state index contributed by atoms with van der Waals surface area (Å²) < 4.78 is 6.81. The van der Waals surface area contributed by atoms with Crippen LogP contribution in [0.5, 0.6) is 5.75 Å². The molecule has 3 aromatic rings. The molecule has 27 heavy (non-hydrogen) atoms. The number of rotatable bonds is 4. The van der Waals surface area contributed by atoms with Gasteiger partial charge >= 0.3 is 0 Å². The lowest BCUT2D eigenvalue weighted by molar-refractivity contribution is 0.101. The fourth-order valence-corrected chi connectivity index (χ4v) is 2.80. The summed E-state index contributed by atoms with van der Waals surface area (Å²) in [4.78, 5) is 25.1. The van der Waals surface area contributed by atoms with Gasteiger partial charge in [0.25, 0.3) is 5.91 Å². The zero-order valence-electron chi connectivity index (χ0n) is 15.1. The van der Waals surface area contributed by atoms with Gasteiger partial charge in [0, 0.05) is 22.8 Å². The Morgan fingerprint density at radius 1 is 1.15 bits per heavy atom. The second-order valence-corrected chi connectivity index (χ2v) is 6.41. The molecule has 0 fully saturated rings. The third kappa shape index (κ3) is 3.85. The van der Waals surface area contributed by atoms with Crippen molar-refractivity contribution in [2.75, 3.05) is 12.4 Å². The van der Waals surface area contributed by atoms with Crippen molar-refractivity contribution in [2.24, 2.45) is 0 Å². The molecule has 0 bridgehead atoms. The van der Waals surface area contributed by atoms with Gasteiger partial charge in [-0.1, -0.05) is 29.8 Å². The van der Waals surface area contributed by atoms with Crippen LogP contribution in [-0.2, 0) is 0 Å². The first-order valence-electron chi connectivity index (χ1n) is 8.22. The summed E-state index contributed by atoms with van der Waals surface area (Å²) in [5, 5.41) is 7.46. The van der Waals surface area contributed by atoms with E-state index in [0.717, 1.165) is 11.3 Å². The normalized spacial score (nSPS) is 10.5. The van der Waals surface area contributed by atoms with Crippen molar-refractivity contribution in [1.82, 2.24) is 9.78 Å². The van der Waals surface area contributed by atoms with Crippen LogP contribution < -0.4 is 15.5 Å². The molecule has 0 saturated carbocycles. The van der Waals surface area contributed by atoms with E-state index in [1.165, 1.54) is 13.2 Å². The number of carbonyl (C=O) groups excluding carboxylic acids is 1. The van der Waals surface area contributed by atoms with Gasteiger partial charge in [-0.2, -0.15) is 5.10 Å². The third-order valence-corrected chi connectivity index (χ3v) is 4.46. The first-order chi connectivity index (χ1) is 12.9. The number of hydrogen-bond acceptors (Lipinski definition) is 4. The van der Waals surface area contributed by atoms with Gasteiger partial charge in [-0.3, -0.25) is 9.59 Å². The van der Waals surface area contributed by atoms with E-state index in [1.54, 1.807) is 23.7 Å². The number of aryl methyl sites for hydroxylation is 2. The Morgan fingerprint density at radius 2 is 1.85 bits per heavy atom. The highest BCUT2D eigenvalue weighted by Crippen LogP contribution is 2.31. The predicted molar refractivity (Wildman–Crippen MR) is 105 cm³/mol. The first kappa shape index (κ1) is 18.7. The Hall–Kier alpha value is -3.12. The number of nitrogens with one attached hydrogen (secondary N) is 1. The smallest absolute Gasteiger partial charge is 0.280 e. The average molecular weight is 384 g/mol. The van der Waals surface area contributed by atoms with E-state index in [9.17, 15) is 9.59 Å². The van der Waals surface area contributed by atoms with Gasteiger partial charge in [-0.25, -0.2) is 4.68 Å². The molecule has 0 saturated heterocycles. The second-order valence-electron chi connectivity index (χ2n) is 6.00. The van der Waals surface area contributed by atoms with Gasteiger partial charge in [-0.05, 0) is 37.6 Å². The lowest BCUT2D eigenvalue weighted by Crippen LogP contribution is -2.27. The molecular weight excluding hydrogens is 366 g/mol. The van der Waals surface area contributed by atoms with Crippen LogP contribution in [0.4, 0.5) is 5.69 Å². The van der Waals surface area contributed by atoms with Crippen LogP contribution in [0.15, 0.2) is 53.3 Å². The number of para-hydroxylation sites is 1. The van der Waals surface area contributed by atoms with Crippen molar-refractivity contribution < 1.29 is 9.53 Å². The standard InChI is InChI=1S/C20H18ClN3O3/c1-12-9-16(18(27-3)11-15(12)21)22-20(26)19-17(25)10-13(2)24(23-19)14-7-5-4-6-8-14/h4-11H,1-3H3,(H,22,26). The highest BCUT2D eigenvalue weighted by atomic mass is 35.5. The summed E-state index contributed by atoms with van der Waals surface area (Å²) in [7, 11) is 1.48. The minimum absolute atomic E-state index is 0.209. The van der Waals surface area contributed by atoms with Crippen LogP contribution in [0.3, 0.4) is 0 Å². The predicted octanol–water partition coefficient (Wildman–Crippen LogP) is 3.76. The molecule has 0 aliphatic carbocycles. The largest absolute Gasteiger partial charge is 0.495 e. The summed E-state index contributed by atoms with van der Waals surface area (Å²) in [6, 6.07) is 14.0. The number of carbonyl (C=O) groups is 1. The summed E-state index contributed by atoms with van der Waals surface area (Å²) in [6.07, 6.45) is 0. The van der Waals surface area contributed by atoms with E-state index in [0.29, 0.717) is 22.2 Å². The maximum atomic E-state index is 12.7. The molecular formula is C20H18ClN3O3. The molecule has 7 heteroatoms. The van der Waals surface area contributed by atoms with E-state index in [2.05, 4.69) is 10.4 Å².